The van der Waals surface area contributed by atoms with Crippen molar-refractivity contribution in [1.29, 1.82) is 0 Å². The van der Waals surface area contributed by atoms with Gasteiger partial charge in [0.25, 0.3) is 10.0 Å². The maximum Gasteiger partial charge on any atom is 0.263 e. The second-order valence-electron chi connectivity index (χ2n) is 3.51. The predicted molar refractivity (Wildman–Crippen MR) is 77.0 cm³/mol. The summed E-state index contributed by atoms with van der Waals surface area (Å²) in [5.41, 5.74) is 0. The normalized spacial score (nSPS) is 11.4. The first kappa shape index (κ1) is 15.4. The van der Waals surface area contributed by atoms with Crippen LogP contribution < -0.4 is 4.72 Å². The molecule has 0 saturated heterocycles. The summed E-state index contributed by atoms with van der Waals surface area (Å²) in [6.07, 6.45) is 1.05. The van der Waals surface area contributed by atoms with Crippen LogP contribution in [-0.2, 0) is 10.0 Å². The largest absolute Gasteiger partial charge is 0.263 e. The average molecular weight is 401 g/mol. The van der Waals surface area contributed by atoms with E-state index in [1.807, 2.05) is 0 Å². The van der Waals surface area contributed by atoms with Crippen molar-refractivity contribution >= 4 is 55.0 Å². The molecule has 2 aromatic rings. The summed E-state index contributed by atoms with van der Waals surface area (Å²) in [5, 5.41) is -0.239. The van der Waals surface area contributed by atoms with Gasteiger partial charge >= 0.3 is 0 Å². The molecule has 0 aliphatic rings. The zero-order valence-electron chi connectivity index (χ0n) is 9.44. The van der Waals surface area contributed by atoms with Crippen molar-refractivity contribution in [3.05, 3.63) is 45.0 Å². The number of nitrogens with one attached hydrogen (secondary N) is 1. The van der Waals surface area contributed by atoms with Crippen molar-refractivity contribution in [2.24, 2.45) is 0 Å². The Labute approximate surface area is 132 Å². The van der Waals surface area contributed by atoms with E-state index in [4.69, 9.17) is 23.2 Å². The van der Waals surface area contributed by atoms with E-state index in [1.54, 1.807) is 0 Å². The second-order valence-corrected chi connectivity index (χ2v) is 6.78. The Morgan fingerprint density at radius 1 is 1.25 bits per heavy atom. The first-order valence-corrected chi connectivity index (χ1v) is 7.98. The lowest BCUT2D eigenvalue weighted by Crippen LogP contribution is -2.14. The standard InChI is InChI=1S/C10H5BrCl2FN3O2S/c11-6-2-1-5(3-7(6)14)20(18,19)17-10-8(12)9(13)15-4-16-10/h1-4H,(H,15,16,17). The van der Waals surface area contributed by atoms with Gasteiger partial charge in [0.1, 0.15) is 17.2 Å². The molecule has 0 amide bonds. The fourth-order valence-electron chi connectivity index (χ4n) is 1.25. The summed E-state index contributed by atoms with van der Waals surface area (Å²) in [4.78, 5) is 6.98. The molecule has 0 radical (unpaired) electrons. The van der Waals surface area contributed by atoms with Gasteiger partial charge in [-0.3, -0.25) is 4.72 Å². The number of hydrogen-bond acceptors (Lipinski definition) is 4. The quantitative estimate of drug-likeness (QED) is 0.800. The second kappa shape index (κ2) is 5.80. The van der Waals surface area contributed by atoms with Crippen LogP contribution in [-0.4, -0.2) is 18.4 Å². The Kier molecular flexibility index (Phi) is 4.48. The minimum absolute atomic E-state index is 0.0960. The van der Waals surface area contributed by atoms with Gasteiger partial charge in [-0.1, -0.05) is 23.2 Å². The van der Waals surface area contributed by atoms with Gasteiger partial charge in [0.15, 0.2) is 11.0 Å². The monoisotopic (exact) mass is 399 g/mol. The lowest BCUT2D eigenvalue weighted by atomic mass is 10.3. The summed E-state index contributed by atoms with van der Waals surface area (Å²) in [5.74, 6) is -0.894. The number of sulfonamides is 1. The minimum atomic E-state index is -4.04. The molecule has 20 heavy (non-hydrogen) atoms. The summed E-state index contributed by atoms with van der Waals surface area (Å²) in [7, 11) is -4.04. The molecule has 10 heteroatoms. The Morgan fingerprint density at radius 2 is 1.95 bits per heavy atom. The van der Waals surface area contributed by atoms with Crippen LogP contribution in [0.25, 0.3) is 0 Å². The molecule has 0 aliphatic heterocycles. The number of rotatable bonds is 3. The summed E-state index contributed by atoms with van der Waals surface area (Å²) in [6, 6.07) is 3.37. The molecule has 1 aromatic heterocycles. The SMILES string of the molecule is O=S(=O)(Nc1ncnc(Cl)c1Cl)c1ccc(Br)c(F)c1. The highest BCUT2D eigenvalue weighted by atomic mass is 79.9. The molecule has 0 spiro atoms. The van der Waals surface area contributed by atoms with Crippen molar-refractivity contribution in [1.82, 2.24) is 9.97 Å². The predicted octanol–water partition coefficient (Wildman–Crippen LogP) is 3.49. The fourth-order valence-corrected chi connectivity index (χ4v) is 2.86. The molecule has 0 aliphatic carbocycles. The van der Waals surface area contributed by atoms with Crippen LogP contribution in [0.5, 0.6) is 0 Å². The van der Waals surface area contributed by atoms with Crippen molar-refractivity contribution < 1.29 is 12.8 Å². The van der Waals surface area contributed by atoms with Gasteiger partial charge in [0, 0.05) is 0 Å². The van der Waals surface area contributed by atoms with E-state index in [0.29, 0.717) is 0 Å². The third-order valence-electron chi connectivity index (χ3n) is 2.18. The average Bonchev–Trinajstić information content (AvgIpc) is 2.38. The molecule has 0 atom stereocenters. The Hall–Kier alpha value is -0.960. The molecule has 2 rings (SSSR count). The first-order valence-electron chi connectivity index (χ1n) is 4.95. The first-order chi connectivity index (χ1) is 9.31. The molecule has 5 nitrogen and oxygen atoms in total. The molecule has 0 bridgehead atoms. The number of nitrogens with zero attached hydrogens (tertiary/aromatic N) is 2. The van der Waals surface area contributed by atoms with Crippen LogP contribution in [0, 0.1) is 5.82 Å². The van der Waals surface area contributed by atoms with Gasteiger partial charge in [-0.15, -0.1) is 0 Å². The van der Waals surface area contributed by atoms with E-state index in [2.05, 4.69) is 30.6 Å². The van der Waals surface area contributed by atoms with Crippen LogP contribution in [0.15, 0.2) is 33.9 Å². The van der Waals surface area contributed by atoms with Gasteiger partial charge in [-0.25, -0.2) is 22.8 Å². The smallest absolute Gasteiger partial charge is 0.262 e. The van der Waals surface area contributed by atoms with E-state index in [1.165, 1.54) is 12.1 Å². The molecule has 0 fully saturated rings. The third-order valence-corrected chi connectivity index (χ3v) is 4.90. The van der Waals surface area contributed by atoms with Crippen LogP contribution in [0.1, 0.15) is 0 Å². The molecular weight excluding hydrogens is 396 g/mol. The zero-order chi connectivity index (χ0) is 14.9. The molecule has 1 N–H and O–H groups in total. The van der Waals surface area contributed by atoms with E-state index < -0.39 is 15.8 Å². The van der Waals surface area contributed by atoms with Gasteiger partial charge in [0.2, 0.25) is 0 Å². The number of anilines is 1. The highest BCUT2D eigenvalue weighted by Crippen LogP contribution is 2.28. The third kappa shape index (κ3) is 3.20. The van der Waals surface area contributed by atoms with E-state index >= 15 is 0 Å². The van der Waals surface area contributed by atoms with E-state index in [-0.39, 0.29) is 25.4 Å². The highest BCUT2D eigenvalue weighted by Gasteiger charge is 2.19. The van der Waals surface area contributed by atoms with Crippen LogP contribution in [0.2, 0.25) is 10.2 Å². The highest BCUT2D eigenvalue weighted by molar-refractivity contribution is 9.10. The number of hydrogen-bond donors (Lipinski definition) is 1. The van der Waals surface area contributed by atoms with Crippen molar-refractivity contribution in [2.45, 2.75) is 4.90 Å². The molecule has 106 valence electrons. The van der Waals surface area contributed by atoms with Gasteiger partial charge in [-0.05, 0) is 34.1 Å². The van der Waals surface area contributed by atoms with E-state index in [9.17, 15) is 12.8 Å². The molecule has 0 unspecified atom stereocenters. The molecule has 1 heterocycles. The number of halogens is 4. The maximum atomic E-state index is 13.4. The van der Waals surface area contributed by atoms with Gasteiger partial charge < -0.3 is 0 Å². The lowest BCUT2D eigenvalue weighted by molar-refractivity contribution is 0.593. The van der Waals surface area contributed by atoms with Crippen LogP contribution in [0.4, 0.5) is 10.2 Å². The fraction of sp³-hybridized carbons (Fsp3) is 0. The van der Waals surface area contributed by atoms with Crippen molar-refractivity contribution in [2.75, 3.05) is 4.72 Å². The summed E-state index contributed by atoms with van der Waals surface area (Å²) < 4.78 is 39.8. The zero-order valence-corrected chi connectivity index (χ0v) is 13.4. The van der Waals surface area contributed by atoms with Gasteiger partial charge in [0.05, 0.1) is 9.37 Å². The molecule has 1 aromatic carbocycles. The van der Waals surface area contributed by atoms with Gasteiger partial charge in [-0.2, -0.15) is 0 Å². The molecular formula is C10H5BrCl2FN3O2S. The Balaban J connectivity index is 2.41. The van der Waals surface area contributed by atoms with Crippen molar-refractivity contribution in [3.63, 3.8) is 0 Å². The number of aromatic nitrogens is 2. The van der Waals surface area contributed by atoms with Crippen LogP contribution >= 0.6 is 39.1 Å². The topological polar surface area (TPSA) is 72.0 Å². The number of benzene rings is 1. The minimum Gasteiger partial charge on any atom is -0.262 e. The Bertz CT molecular complexity index is 773. The van der Waals surface area contributed by atoms with Crippen LogP contribution in [0.3, 0.4) is 0 Å². The maximum absolute atomic E-state index is 13.4. The Morgan fingerprint density at radius 3 is 2.60 bits per heavy atom. The lowest BCUT2D eigenvalue weighted by Gasteiger charge is -2.09. The summed E-state index contributed by atoms with van der Waals surface area (Å²) >= 11 is 14.4. The van der Waals surface area contributed by atoms with E-state index in [0.717, 1.165) is 12.4 Å². The van der Waals surface area contributed by atoms with Crippen molar-refractivity contribution in [3.8, 4) is 0 Å². The molecule has 0 saturated carbocycles. The summed E-state index contributed by atoms with van der Waals surface area (Å²) in [6.45, 7) is 0.